The molecule has 1 rings (SSSR count). The van der Waals surface area contributed by atoms with Gasteiger partial charge in [-0.15, -0.1) is 11.6 Å². The summed E-state index contributed by atoms with van der Waals surface area (Å²) >= 11 is 5.68. The van der Waals surface area contributed by atoms with Crippen LogP contribution < -0.4 is 5.43 Å². The van der Waals surface area contributed by atoms with Crippen molar-refractivity contribution in [2.75, 3.05) is 26.2 Å². The van der Waals surface area contributed by atoms with E-state index in [0.29, 0.717) is 26.2 Å². The van der Waals surface area contributed by atoms with Crippen LogP contribution in [0, 0.1) is 0 Å². The highest BCUT2D eigenvalue weighted by Crippen LogP contribution is 2.11. The summed E-state index contributed by atoms with van der Waals surface area (Å²) in [7, 11) is 0. The van der Waals surface area contributed by atoms with Gasteiger partial charge in [0.2, 0.25) is 0 Å². The highest BCUT2D eigenvalue weighted by Gasteiger charge is 2.26. The second-order valence-corrected chi connectivity index (χ2v) is 6.20. The van der Waals surface area contributed by atoms with Gasteiger partial charge in [-0.3, -0.25) is 10.2 Å². The monoisotopic (exact) mass is 291 g/mol. The minimum absolute atomic E-state index is 0.229. The third-order valence-electron chi connectivity index (χ3n) is 2.56. The molecule has 0 aromatic heterocycles. The Balaban J connectivity index is 2.37. The number of nitrogens with one attached hydrogen (secondary N) is 1. The van der Waals surface area contributed by atoms with Crippen LogP contribution in [0.3, 0.4) is 0 Å². The summed E-state index contributed by atoms with van der Waals surface area (Å²) in [4.78, 5) is 24.9. The van der Waals surface area contributed by atoms with Crippen molar-refractivity contribution in [2.45, 2.75) is 38.7 Å². The fourth-order valence-electron chi connectivity index (χ4n) is 1.57. The first kappa shape index (κ1) is 16.0. The van der Waals surface area contributed by atoms with E-state index < -0.39 is 11.0 Å². The Morgan fingerprint density at radius 3 is 2.16 bits per heavy atom. The van der Waals surface area contributed by atoms with Gasteiger partial charge >= 0.3 is 6.09 Å². The molecule has 1 unspecified atom stereocenters. The summed E-state index contributed by atoms with van der Waals surface area (Å²) in [5, 5.41) is 1.20. The third kappa shape index (κ3) is 5.65. The number of piperazine rings is 1. The van der Waals surface area contributed by atoms with Crippen molar-refractivity contribution in [2.24, 2.45) is 0 Å². The Hall–Kier alpha value is -1.01. The number of nitrogens with zero attached hydrogens (tertiary/aromatic N) is 2. The average Bonchev–Trinajstić information content (AvgIpc) is 2.27. The van der Waals surface area contributed by atoms with E-state index >= 15 is 0 Å². The maximum atomic E-state index is 11.8. The molecule has 0 aliphatic carbocycles. The molecule has 1 N–H and O–H groups in total. The van der Waals surface area contributed by atoms with Gasteiger partial charge in [0.1, 0.15) is 11.0 Å². The molecular formula is C12H22ClN3O3. The molecule has 0 saturated carbocycles. The number of ether oxygens (including phenoxy) is 1. The van der Waals surface area contributed by atoms with Crippen LogP contribution in [0.25, 0.3) is 0 Å². The van der Waals surface area contributed by atoms with Crippen molar-refractivity contribution >= 4 is 23.6 Å². The van der Waals surface area contributed by atoms with Crippen LogP contribution in [0.5, 0.6) is 0 Å². The highest BCUT2D eigenvalue weighted by molar-refractivity contribution is 6.30. The highest BCUT2D eigenvalue weighted by atomic mass is 35.5. The molecule has 7 heteroatoms. The van der Waals surface area contributed by atoms with Gasteiger partial charge in [0.15, 0.2) is 0 Å². The summed E-state index contributed by atoms with van der Waals surface area (Å²) in [6, 6.07) is 0. The molecule has 1 saturated heterocycles. The number of amides is 2. The normalized spacial score (nSPS) is 18.9. The molecule has 0 spiro atoms. The van der Waals surface area contributed by atoms with Crippen LogP contribution in [0.2, 0.25) is 0 Å². The van der Waals surface area contributed by atoms with E-state index in [4.69, 9.17) is 16.3 Å². The Bertz CT molecular complexity index is 334. The Labute approximate surface area is 119 Å². The first-order valence-corrected chi connectivity index (χ1v) is 6.80. The molecule has 2 amide bonds. The lowest BCUT2D eigenvalue weighted by Gasteiger charge is -2.35. The van der Waals surface area contributed by atoms with Crippen LogP contribution in [0.4, 0.5) is 4.79 Å². The molecule has 1 atom stereocenters. The zero-order valence-corrected chi connectivity index (χ0v) is 12.7. The first-order chi connectivity index (χ1) is 8.69. The SMILES string of the molecule is CC(Cl)C(=O)NN1CCN(C(=O)OC(C)(C)C)CC1. The van der Waals surface area contributed by atoms with Crippen molar-refractivity contribution in [1.82, 2.24) is 15.3 Å². The third-order valence-corrected chi connectivity index (χ3v) is 2.76. The van der Waals surface area contributed by atoms with E-state index in [9.17, 15) is 9.59 Å². The van der Waals surface area contributed by atoms with Crippen LogP contribution >= 0.6 is 11.6 Å². The second kappa shape index (κ2) is 6.43. The van der Waals surface area contributed by atoms with E-state index in [2.05, 4.69) is 5.43 Å². The van der Waals surface area contributed by atoms with Crippen molar-refractivity contribution in [3.8, 4) is 0 Å². The van der Waals surface area contributed by atoms with E-state index in [1.807, 2.05) is 20.8 Å². The maximum Gasteiger partial charge on any atom is 0.410 e. The molecule has 0 aromatic rings. The molecule has 1 fully saturated rings. The molecular weight excluding hydrogens is 270 g/mol. The minimum Gasteiger partial charge on any atom is -0.444 e. The van der Waals surface area contributed by atoms with Gasteiger partial charge in [-0.2, -0.15) is 0 Å². The van der Waals surface area contributed by atoms with Crippen LogP contribution in [-0.4, -0.2) is 59.1 Å². The number of hydrazine groups is 1. The smallest absolute Gasteiger partial charge is 0.410 e. The van der Waals surface area contributed by atoms with Crippen molar-refractivity contribution in [3.05, 3.63) is 0 Å². The molecule has 1 aliphatic rings. The van der Waals surface area contributed by atoms with Crippen LogP contribution in [0.1, 0.15) is 27.7 Å². The molecule has 19 heavy (non-hydrogen) atoms. The second-order valence-electron chi connectivity index (χ2n) is 5.55. The lowest BCUT2D eigenvalue weighted by Crippen LogP contribution is -2.56. The largest absolute Gasteiger partial charge is 0.444 e. The lowest BCUT2D eigenvalue weighted by atomic mass is 10.2. The quantitative estimate of drug-likeness (QED) is 0.777. The fourth-order valence-corrected chi connectivity index (χ4v) is 1.62. The predicted octanol–water partition coefficient (Wildman–Crippen LogP) is 1.20. The van der Waals surface area contributed by atoms with Gasteiger partial charge in [0, 0.05) is 26.2 Å². The molecule has 0 radical (unpaired) electrons. The summed E-state index contributed by atoms with van der Waals surface area (Å²) in [5.41, 5.74) is 2.22. The zero-order chi connectivity index (χ0) is 14.6. The molecule has 6 nitrogen and oxygen atoms in total. The topological polar surface area (TPSA) is 61.9 Å². The van der Waals surface area contributed by atoms with Gasteiger partial charge in [-0.1, -0.05) is 0 Å². The summed E-state index contributed by atoms with van der Waals surface area (Å²) in [6.45, 7) is 9.30. The Morgan fingerprint density at radius 2 is 1.74 bits per heavy atom. The van der Waals surface area contributed by atoms with Gasteiger partial charge in [0.25, 0.3) is 5.91 Å². The number of alkyl halides is 1. The fraction of sp³-hybridized carbons (Fsp3) is 0.833. The van der Waals surface area contributed by atoms with Gasteiger partial charge in [-0.25, -0.2) is 9.80 Å². The average molecular weight is 292 g/mol. The van der Waals surface area contributed by atoms with Crippen molar-refractivity contribution < 1.29 is 14.3 Å². The molecule has 0 bridgehead atoms. The predicted molar refractivity (Wildman–Crippen MR) is 72.8 cm³/mol. The van der Waals surface area contributed by atoms with Crippen LogP contribution in [-0.2, 0) is 9.53 Å². The van der Waals surface area contributed by atoms with E-state index in [1.54, 1.807) is 16.8 Å². The van der Waals surface area contributed by atoms with Gasteiger partial charge in [0.05, 0.1) is 0 Å². The number of halogens is 1. The molecule has 1 aliphatic heterocycles. The Morgan fingerprint density at radius 1 is 1.21 bits per heavy atom. The number of hydrogen-bond donors (Lipinski definition) is 1. The number of hydrogen-bond acceptors (Lipinski definition) is 4. The minimum atomic E-state index is -0.566. The van der Waals surface area contributed by atoms with Crippen LogP contribution in [0.15, 0.2) is 0 Å². The van der Waals surface area contributed by atoms with E-state index in [0.717, 1.165) is 0 Å². The van der Waals surface area contributed by atoms with E-state index in [-0.39, 0.29) is 12.0 Å². The van der Waals surface area contributed by atoms with Crippen molar-refractivity contribution in [1.29, 1.82) is 0 Å². The number of carbonyl (C=O) groups is 2. The standard InChI is InChI=1S/C12H22ClN3O3/c1-9(13)10(17)14-16-7-5-15(6-8-16)11(18)19-12(2,3)4/h9H,5-8H2,1-4H3,(H,14,17). The van der Waals surface area contributed by atoms with Gasteiger partial charge < -0.3 is 9.64 Å². The molecule has 110 valence electrons. The zero-order valence-electron chi connectivity index (χ0n) is 11.9. The molecule has 1 heterocycles. The Kier molecular flexibility index (Phi) is 5.43. The number of carbonyl (C=O) groups excluding carboxylic acids is 2. The molecule has 0 aromatic carbocycles. The first-order valence-electron chi connectivity index (χ1n) is 6.36. The summed E-state index contributed by atoms with van der Waals surface area (Å²) < 4.78 is 5.29. The van der Waals surface area contributed by atoms with Crippen molar-refractivity contribution in [3.63, 3.8) is 0 Å². The van der Waals surface area contributed by atoms with E-state index in [1.165, 1.54) is 0 Å². The summed E-state index contributed by atoms with van der Waals surface area (Å²) in [5.74, 6) is -0.229. The lowest BCUT2D eigenvalue weighted by molar-refractivity contribution is -0.126. The maximum absolute atomic E-state index is 11.8. The number of rotatable bonds is 2. The van der Waals surface area contributed by atoms with Gasteiger partial charge in [-0.05, 0) is 27.7 Å². The summed E-state index contributed by atoms with van der Waals surface area (Å²) in [6.07, 6.45) is -0.316.